The maximum Gasteiger partial charge on any atom is 0.274 e. The van der Waals surface area contributed by atoms with E-state index in [0.29, 0.717) is 11.9 Å². The predicted molar refractivity (Wildman–Crippen MR) is 83.0 cm³/mol. The van der Waals surface area contributed by atoms with Crippen LogP contribution in [0.4, 0.5) is 0 Å². The molecule has 2 aromatic carbocycles. The van der Waals surface area contributed by atoms with Gasteiger partial charge in [0.05, 0.1) is 6.54 Å². The molecule has 0 spiro atoms. The lowest BCUT2D eigenvalue weighted by molar-refractivity contribution is 0.0706. The molecular weight excluding hydrogens is 280 g/mol. The van der Waals surface area contributed by atoms with Gasteiger partial charge in [0.2, 0.25) is 0 Å². The molecule has 1 amide bonds. The van der Waals surface area contributed by atoms with E-state index in [1.54, 1.807) is 28.4 Å². The van der Waals surface area contributed by atoms with E-state index in [0.717, 1.165) is 10.9 Å². The standard InChI is InChI=1S/C17H14N2O3/c20-16(18-22)14-7-6-13-8-9-19(17(21)15(13)10-14)11-12-4-2-1-3-5-12/h1-10,22H,11H2,(H,18,20). The van der Waals surface area contributed by atoms with E-state index in [2.05, 4.69) is 0 Å². The number of rotatable bonds is 3. The second-order valence-electron chi connectivity index (χ2n) is 4.98. The van der Waals surface area contributed by atoms with Gasteiger partial charge in [-0.05, 0) is 29.1 Å². The van der Waals surface area contributed by atoms with Crippen LogP contribution in [0.5, 0.6) is 0 Å². The summed E-state index contributed by atoms with van der Waals surface area (Å²) in [6.45, 7) is 0.464. The molecule has 0 bridgehead atoms. The van der Waals surface area contributed by atoms with Crippen LogP contribution in [0.25, 0.3) is 10.8 Å². The van der Waals surface area contributed by atoms with Gasteiger partial charge in [0.1, 0.15) is 0 Å². The fourth-order valence-corrected chi connectivity index (χ4v) is 2.39. The second kappa shape index (κ2) is 5.83. The third kappa shape index (κ3) is 2.62. The molecule has 0 unspecified atom stereocenters. The number of fused-ring (bicyclic) bond motifs is 1. The lowest BCUT2D eigenvalue weighted by atomic mass is 10.1. The highest BCUT2D eigenvalue weighted by Gasteiger charge is 2.08. The lowest BCUT2D eigenvalue weighted by Crippen LogP contribution is -2.22. The quantitative estimate of drug-likeness (QED) is 0.574. The van der Waals surface area contributed by atoms with Crippen molar-refractivity contribution in [3.05, 3.63) is 82.3 Å². The van der Waals surface area contributed by atoms with E-state index in [-0.39, 0.29) is 11.1 Å². The van der Waals surface area contributed by atoms with Gasteiger partial charge in [-0.25, -0.2) is 5.48 Å². The van der Waals surface area contributed by atoms with Crippen LogP contribution in [-0.4, -0.2) is 15.7 Å². The molecular formula is C17H14N2O3. The molecule has 3 rings (SSSR count). The van der Waals surface area contributed by atoms with E-state index >= 15 is 0 Å². The van der Waals surface area contributed by atoms with Crippen LogP contribution >= 0.6 is 0 Å². The minimum absolute atomic E-state index is 0.172. The van der Waals surface area contributed by atoms with Crippen molar-refractivity contribution in [2.24, 2.45) is 0 Å². The first-order valence-corrected chi connectivity index (χ1v) is 6.80. The molecule has 22 heavy (non-hydrogen) atoms. The molecule has 0 saturated carbocycles. The van der Waals surface area contributed by atoms with E-state index in [1.165, 1.54) is 6.07 Å². The first kappa shape index (κ1) is 14.0. The molecule has 0 aliphatic heterocycles. The number of aromatic nitrogens is 1. The Kier molecular flexibility index (Phi) is 3.72. The Balaban J connectivity index is 2.08. The third-order valence-corrected chi connectivity index (χ3v) is 3.54. The number of pyridine rings is 1. The summed E-state index contributed by atoms with van der Waals surface area (Å²) in [5.74, 6) is -0.639. The average Bonchev–Trinajstić information content (AvgIpc) is 2.57. The zero-order valence-corrected chi connectivity index (χ0v) is 11.7. The molecule has 1 heterocycles. The number of hydrogen-bond acceptors (Lipinski definition) is 3. The van der Waals surface area contributed by atoms with Crippen molar-refractivity contribution in [1.29, 1.82) is 0 Å². The summed E-state index contributed by atoms with van der Waals surface area (Å²) >= 11 is 0. The van der Waals surface area contributed by atoms with Gasteiger partial charge in [0, 0.05) is 17.1 Å². The highest BCUT2D eigenvalue weighted by molar-refractivity contribution is 5.97. The highest BCUT2D eigenvalue weighted by atomic mass is 16.5. The van der Waals surface area contributed by atoms with Gasteiger partial charge in [0.25, 0.3) is 11.5 Å². The zero-order chi connectivity index (χ0) is 15.5. The Bertz CT molecular complexity index is 885. The van der Waals surface area contributed by atoms with Gasteiger partial charge in [-0.15, -0.1) is 0 Å². The Labute approximate surface area is 126 Å². The van der Waals surface area contributed by atoms with Gasteiger partial charge < -0.3 is 4.57 Å². The van der Waals surface area contributed by atoms with Gasteiger partial charge in [-0.3, -0.25) is 14.8 Å². The molecule has 3 aromatic rings. The fraction of sp³-hybridized carbons (Fsp3) is 0.0588. The summed E-state index contributed by atoms with van der Waals surface area (Å²) in [6, 6.07) is 16.2. The van der Waals surface area contributed by atoms with Crippen molar-refractivity contribution in [2.75, 3.05) is 0 Å². The van der Waals surface area contributed by atoms with Crippen LogP contribution in [0, 0.1) is 0 Å². The Morgan fingerprint density at radius 3 is 2.59 bits per heavy atom. The Morgan fingerprint density at radius 1 is 1.09 bits per heavy atom. The molecule has 0 saturated heterocycles. The first-order valence-electron chi connectivity index (χ1n) is 6.80. The predicted octanol–water partition coefficient (Wildman–Crippen LogP) is 2.17. The maximum atomic E-state index is 12.6. The van der Waals surface area contributed by atoms with Gasteiger partial charge in [0.15, 0.2) is 0 Å². The van der Waals surface area contributed by atoms with Gasteiger partial charge >= 0.3 is 0 Å². The lowest BCUT2D eigenvalue weighted by Gasteiger charge is -2.08. The maximum absolute atomic E-state index is 12.6. The Hall–Kier alpha value is -2.92. The molecule has 1 aromatic heterocycles. The minimum Gasteiger partial charge on any atom is -0.311 e. The molecule has 0 aliphatic carbocycles. The number of carbonyl (C=O) groups excluding carboxylic acids is 1. The minimum atomic E-state index is -0.639. The molecule has 0 fully saturated rings. The van der Waals surface area contributed by atoms with Crippen molar-refractivity contribution in [3.63, 3.8) is 0 Å². The summed E-state index contributed by atoms with van der Waals surface area (Å²) in [4.78, 5) is 24.0. The number of hydroxylamine groups is 1. The number of nitrogens with one attached hydrogen (secondary N) is 1. The molecule has 5 nitrogen and oxygen atoms in total. The van der Waals surface area contributed by atoms with Crippen molar-refractivity contribution in [2.45, 2.75) is 6.54 Å². The first-order chi connectivity index (χ1) is 10.7. The molecule has 0 atom stereocenters. The topological polar surface area (TPSA) is 71.3 Å². The number of amides is 1. The smallest absolute Gasteiger partial charge is 0.274 e. The SMILES string of the molecule is O=C(NO)c1ccc2ccn(Cc3ccccc3)c(=O)c2c1. The molecule has 5 heteroatoms. The summed E-state index contributed by atoms with van der Waals surface area (Å²) in [6.07, 6.45) is 1.74. The van der Waals surface area contributed by atoms with E-state index < -0.39 is 5.91 Å². The summed E-state index contributed by atoms with van der Waals surface area (Å²) < 4.78 is 1.60. The van der Waals surface area contributed by atoms with Crippen molar-refractivity contribution >= 4 is 16.7 Å². The molecule has 110 valence electrons. The average molecular weight is 294 g/mol. The molecule has 2 N–H and O–H groups in total. The zero-order valence-electron chi connectivity index (χ0n) is 11.7. The number of benzene rings is 2. The summed E-state index contributed by atoms with van der Waals surface area (Å²) in [5, 5.41) is 9.89. The Morgan fingerprint density at radius 2 is 1.86 bits per heavy atom. The van der Waals surface area contributed by atoms with E-state index in [9.17, 15) is 9.59 Å². The van der Waals surface area contributed by atoms with Crippen LogP contribution in [0.15, 0.2) is 65.6 Å². The van der Waals surface area contributed by atoms with E-state index in [1.807, 2.05) is 36.4 Å². The van der Waals surface area contributed by atoms with Crippen molar-refractivity contribution in [3.8, 4) is 0 Å². The fourth-order valence-electron chi connectivity index (χ4n) is 2.39. The monoisotopic (exact) mass is 294 g/mol. The van der Waals surface area contributed by atoms with Crippen LogP contribution in [0.1, 0.15) is 15.9 Å². The van der Waals surface area contributed by atoms with Crippen molar-refractivity contribution in [1.82, 2.24) is 10.0 Å². The largest absolute Gasteiger partial charge is 0.311 e. The van der Waals surface area contributed by atoms with Gasteiger partial charge in [-0.2, -0.15) is 0 Å². The molecule has 0 radical (unpaired) electrons. The highest BCUT2D eigenvalue weighted by Crippen LogP contribution is 2.13. The van der Waals surface area contributed by atoms with Crippen LogP contribution in [0.2, 0.25) is 0 Å². The number of hydrogen-bond donors (Lipinski definition) is 2. The third-order valence-electron chi connectivity index (χ3n) is 3.54. The van der Waals surface area contributed by atoms with Gasteiger partial charge in [-0.1, -0.05) is 36.4 Å². The number of nitrogens with zero attached hydrogens (tertiary/aromatic N) is 1. The molecule has 0 aliphatic rings. The normalized spacial score (nSPS) is 10.6. The number of carbonyl (C=O) groups is 1. The van der Waals surface area contributed by atoms with Crippen molar-refractivity contribution < 1.29 is 10.0 Å². The van der Waals surface area contributed by atoms with Crippen LogP contribution in [0.3, 0.4) is 0 Å². The summed E-state index contributed by atoms with van der Waals surface area (Å²) in [5.41, 5.74) is 2.66. The van der Waals surface area contributed by atoms with E-state index in [4.69, 9.17) is 5.21 Å². The van der Waals surface area contributed by atoms with Crippen LogP contribution < -0.4 is 11.0 Å². The second-order valence-corrected chi connectivity index (χ2v) is 4.98. The summed E-state index contributed by atoms with van der Waals surface area (Å²) in [7, 11) is 0. The van der Waals surface area contributed by atoms with Crippen LogP contribution in [-0.2, 0) is 6.54 Å².